The monoisotopic (exact) mass is 363 g/mol. The lowest BCUT2D eigenvalue weighted by Crippen LogP contribution is -2.44. The smallest absolute Gasteiger partial charge is 0.221 e. The highest BCUT2D eigenvalue weighted by Gasteiger charge is 2.14. The first-order chi connectivity index (χ1) is 13.0. The SMILES string of the molecule is CC(=O)Nc1ccc(C=CC(=O)c2ccc(N3CCN(C)CC3)cc2)cc1. The molecule has 0 bridgehead atoms. The molecular weight excluding hydrogens is 338 g/mol. The number of nitrogens with zero attached hydrogens (tertiary/aromatic N) is 2. The quantitative estimate of drug-likeness (QED) is 0.654. The number of carbonyl (C=O) groups is 2. The van der Waals surface area contributed by atoms with Crippen LogP contribution in [0.3, 0.4) is 0 Å². The molecule has 5 nitrogen and oxygen atoms in total. The standard InChI is InChI=1S/C22H25N3O2/c1-17(26)23-20-8-3-18(4-9-20)5-12-22(27)19-6-10-21(11-7-19)25-15-13-24(2)14-16-25/h3-12H,13-16H2,1-2H3,(H,23,26). The summed E-state index contributed by atoms with van der Waals surface area (Å²) in [5.41, 5.74) is 3.49. The molecule has 140 valence electrons. The first kappa shape index (κ1) is 18.9. The van der Waals surface area contributed by atoms with Gasteiger partial charge < -0.3 is 15.1 Å². The largest absolute Gasteiger partial charge is 0.369 e. The molecule has 1 aliphatic rings. The van der Waals surface area contributed by atoms with Gasteiger partial charge >= 0.3 is 0 Å². The molecule has 27 heavy (non-hydrogen) atoms. The number of amides is 1. The molecule has 1 aliphatic heterocycles. The van der Waals surface area contributed by atoms with Crippen molar-refractivity contribution in [3.63, 3.8) is 0 Å². The molecule has 3 rings (SSSR count). The number of piperazine rings is 1. The van der Waals surface area contributed by atoms with Crippen molar-refractivity contribution in [1.29, 1.82) is 0 Å². The Kier molecular flexibility index (Phi) is 6.04. The summed E-state index contributed by atoms with van der Waals surface area (Å²) in [6, 6.07) is 15.2. The molecule has 1 heterocycles. The van der Waals surface area contributed by atoms with Crippen molar-refractivity contribution in [2.45, 2.75) is 6.92 Å². The van der Waals surface area contributed by atoms with E-state index >= 15 is 0 Å². The second-order valence-electron chi connectivity index (χ2n) is 6.84. The molecule has 0 atom stereocenters. The van der Waals surface area contributed by atoms with Crippen molar-refractivity contribution >= 4 is 29.1 Å². The predicted molar refractivity (Wildman–Crippen MR) is 110 cm³/mol. The summed E-state index contributed by atoms with van der Waals surface area (Å²) in [5.74, 6) is -0.126. The van der Waals surface area contributed by atoms with Crippen LogP contribution < -0.4 is 10.2 Å². The van der Waals surface area contributed by atoms with Gasteiger partial charge in [0.1, 0.15) is 0 Å². The first-order valence-corrected chi connectivity index (χ1v) is 9.15. The van der Waals surface area contributed by atoms with E-state index in [2.05, 4.69) is 22.2 Å². The zero-order chi connectivity index (χ0) is 19.2. The molecule has 1 amide bonds. The first-order valence-electron chi connectivity index (χ1n) is 9.15. The Hall–Kier alpha value is -2.92. The highest BCUT2D eigenvalue weighted by atomic mass is 16.1. The van der Waals surface area contributed by atoms with Crippen LogP contribution in [0.4, 0.5) is 11.4 Å². The van der Waals surface area contributed by atoms with E-state index in [1.165, 1.54) is 6.92 Å². The number of nitrogens with one attached hydrogen (secondary N) is 1. The van der Waals surface area contributed by atoms with Gasteiger partial charge in [0, 0.05) is 50.0 Å². The minimum Gasteiger partial charge on any atom is -0.369 e. The number of likely N-dealkylation sites (N-methyl/N-ethyl adjacent to an activating group) is 1. The topological polar surface area (TPSA) is 52.7 Å². The summed E-state index contributed by atoms with van der Waals surface area (Å²) in [5, 5.41) is 2.72. The number of ketones is 1. The van der Waals surface area contributed by atoms with Crippen LogP contribution in [0.25, 0.3) is 6.08 Å². The summed E-state index contributed by atoms with van der Waals surface area (Å²) >= 11 is 0. The Morgan fingerprint density at radius 1 is 0.926 bits per heavy atom. The average Bonchev–Trinajstić information content (AvgIpc) is 2.67. The maximum atomic E-state index is 12.4. The Labute approximate surface area is 160 Å². The fraction of sp³-hybridized carbons (Fsp3) is 0.273. The Morgan fingerprint density at radius 3 is 2.15 bits per heavy atom. The van der Waals surface area contributed by atoms with Crippen LogP contribution in [0.2, 0.25) is 0 Å². The lowest BCUT2D eigenvalue weighted by molar-refractivity contribution is -0.114. The zero-order valence-corrected chi connectivity index (χ0v) is 15.8. The minimum atomic E-state index is -0.103. The maximum absolute atomic E-state index is 12.4. The molecule has 1 saturated heterocycles. The fourth-order valence-corrected chi connectivity index (χ4v) is 3.05. The number of anilines is 2. The van der Waals surface area contributed by atoms with Crippen molar-refractivity contribution in [3.05, 3.63) is 65.7 Å². The normalized spacial score (nSPS) is 15.1. The molecule has 1 fully saturated rings. The summed E-state index contributed by atoms with van der Waals surface area (Å²) in [6.07, 6.45) is 3.37. The van der Waals surface area contributed by atoms with Crippen LogP contribution in [-0.4, -0.2) is 49.8 Å². The number of benzene rings is 2. The lowest BCUT2D eigenvalue weighted by Gasteiger charge is -2.34. The van der Waals surface area contributed by atoms with E-state index in [0.29, 0.717) is 5.56 Å². The number of hydrogen-bond donors (Lipinski definition) is 1. The van der Waals surface area contributed by atoms with Crippen molar-refractivity contribution in [1.82, 2.24) is 4.90 Å². The number of carbonyl (C=O) groups excluding carboxylic acids is 2. The molecule has 0 saturated carbocycles. The van der Waals surface area contributed by atoms with Crippen molar-refractivity contribution in [2.24, 2.45) is 0 Å². The molecule has 2 aromatic carbocycles. The summed E-state index contributed by atoms with van der Waals surface area (Å²) in [4.78, 5) is 28.1. The van der Waals surface area contributed by atoms with E-state index in [1.54, 1.807) is 12.2 Å². The molecule has 1 N–H and O–H groups in total. The van der Waals surface area contributed by atoms with Crippen molar-refractivity contribution in [2.75, 3.05) is 43.4 Å². The van der Waals surface area contributed by atoms with Gasteiger partial charge in [-0.15, -0.1) is 0 Å². The summed E-state index contributed by atoms with van der Waals surface area (Å²) in [7, 11) is 2.14. The van der Waals surface area contributed by atoms with Gasteiger partial charge in [-0.1, -0.05) is 18.2 Å². The second-order valence-corrected chi connectivity index (χ2v) is 6.84. The Morgan fingerprint density at radius 2 is 1.56 bits per heavy atom. The van der Waals surface area contributed by atoms with E-state index in [9.17, 15) is 9.59 Å². The molecule has 0 unspecified atom stereocenters. The van der Waals surface area contributed by atoms with Crippen LogP contribution in [0.1, 0.15) is 22.8 Å². The van der Waals surface area contributed by atoms with Gasteiger partial charge in [0.2, 0.25) is 5.91 Å². The predicted octanol–water partition coefficient (Wildman–Crippen LogP) is 3.29. The number of rotatable bonds is 5. The molecule has 0 spiro atoms. The van der Waals surface area contributed by atoms with Crippen LogP contribution in [0.15, 0.2) is 54.6 Å². The van der Waals surface area contributed by atoms with Gasteiger partial charge in [-0.2, -0.15) is 0 Å². The van der Waals surface area contributed by atoms with Gasteiger partial charge in [-0.3, -0.25) is 9.59 Å². The Bertz CT molecular complexity index is 818. The van der Waals surface area contributed by atoms with Gasteiger partial charge in [0.05, 0.1) is 0 Å². The van der Waals surface area contributed by atoms with Gasteiger partial charge in [-0.05, 0) is 55.1 Å². The molecule has 0 radical (unpaired) electrons. The van der Waals surface area contributed by atoms with Gasteiger partial charge in [-0.25, -0.2) is 0 Å². The lowest BCUT2D eigenvalue weighted by atomic mass is 10.1. The van der Waals surface area contributed by atoms with Crippen LogP contribution in [0, 0.1) is 0 Å². The van der Waals surface area contributed by atoms with E-state index in [1.807, 2.05) is 48.5 Å². The summed E-state index contributed by atoms with van der Waals surface area (Å²) in [6.45, 7) is 5.62. The fourth-order valence-electron chi connectivity index (χ4n) is 3.05. The van der Waals surface area contributed by atoms with Crippen LogP contribution >= 0.6 is 0 Å². The number of hydrogen-bond acceptors (Lipinski definition) is 4. The zero-order valence-electron chi connectivity index (χ0n) is 15.8. The number of allylic oxidation sites excluding steroid dienone is 1. The Balaban J connectivity index is 1.60. The summed E-state index contributed by atoms with van der Waals surface area (Å²) < 4.78 is 0. The van der Waals surface area contributed by atoms with E-state index in [4.69, 9.17) is 0 Å². The maximum Gasteiger partial charge on any atom is 0.221 e. The van der Waals surface area contributed by atoms with E-state index < -0.39 is 0 Å². The third-order valence-electron chi connectivity index (χ3n) is 4.68. The molecular formula is C22H25N3O2. The van der Waals surface area contributed by atoms with E-state index in [-0.39, 0.29) is 11.7 Å². The highest BCUT2D eigenvalue weighted by molar-refractivity contribution is 6.07. The van der Waals surface area contributed by atoms with E-state index in [0.717, 1.165) is 43.1 Å². The molecule has 5 heteroatoms. The molecule has 2 aromatic rings. The van der Waals surface area contributed by atoms with Crippen molar-refractivity contribution in [3.8, 4) is 0 Å². The van der Waals surface area contributed by atoms with Crippen molar-refractivity contribution < 1.29 is 9.59 Å². The molecule has 0 aliphatic carbocycles. The highest BCUT2D eigenvalue weighted by Crippen LogP contribution is 2.18. The third-order valence-corrected chi connectivity index (χ3v) is 4.68. The van der Waals surface area contributed by atoms with Crippen LogP contribution in [0.5, 0.6) is 0 Å². The third kappa shape index (κ3) is 5.28. The van der Waals surface area contributed by atoms with Gasteiger partial charge in [0.25, 0.3) is 0 Å². The second kappa shape index (κ2) is 8.64. The minimum absolute atomic E-state index is 0.0223. The molecule has 0 aromatic heterocycles. The van der Waals surface area contributed by atoms with Gasteiger partial charge in [0.15, 0.2) is 5.78 Å². The average molecular weight is 363 g/mol. The van der Waals surface area contributed by atoms with Crippen LogP contribution in [-0.2, 0) is 4.79 Å².